The molecule has 4 rings (SSSR count). The van der Waals surface area contributed by atoms with Crippen LogP contribution in [0, 0.1) is 0 Å². The molecule has 0 bridgehead atoms. The molecule has 0 saturated carbocycles. The molecule has 2 aromatic carbocycles. The van der Waals surface area contributed by atoms with Gasteiger partial charge in [0.25, 0.3) is 0 Å². The number of amides is 1. The second-order valence-electron chi connectivity index (χ2n) is 8.07. The smallest absolute Gasteiger partial charge is 0.243 e. The molecule has 0 saturated heterocycles. The van der Waals surface area contributed by atoms with Crippen LogP contribution in [0.25, 0.3) is 22.0 Å². The van der Waals surface area contributed by atoms with Crippen LogP contribution >= 0.6 is 0 Å². The number of fused-ring (bicyclic) bond motifs is 1. The summed E-state index contributed by atoms with van der Waals surface area (Å²) in [4.78, 5) is 19.2. The third kappa shape index (κ3) is 5.89. The second kappa shape index (κ2) is 11.6. The molecule has 8 heteroatoms. The van der Waals surface area contributed by atoms with Crippen molar-refractivity contribution >= 4 is 33.5 Å². The SMILES string of the molecule is O=C(CCCCCCN(c1ccc(-c2ccc3cc[nH]c3c2)cc1)S(=O)c1cccnc1)NO. The lowest BCUT2D eigenvalue weighted by Gasteiger charge is -2.24. The summed E-state index contributed by atoms with van der Waals surface area (Å²) >= 11 is 0. The van der Waals surface area contributed by atoms with Crippen LogP contribution in [0.15, 0.2) is 84.1 Å². The van der Waals surface area contributed by atoms with Gasteiger partial charge in [0, 0.05) is 42.8 Å². The molecule has 34 heavy (non-hydrogen) atoms. The second-order valence-corrected chi connectivity index (χ2v) is 9.48. The van der Waals surface area contributed by atoms with Crippen LogP contribution in [0.2, 0.25) is 0 Å². The summed E-state index contributed by atoms with van der Waals surface area (Å²) in [6.45, 7) is 0.613. The van der Waals surface area contributed by atoms with Crippen molar-refractivity contribution in [3.63, 3.8) is 0 Å². The van der Waals surface area contributed by atoms with E-state index in [0.29, 0.717) is 24.3 Å². The molecule has 1 atom stereocenters. The van der Waals surface area contributed by atoms with E-state index in [0.717, 1.165) is 41.6 Å². The van der Waals surface area contributed by atoms with Gasteiger partial charge in [-0.2, -0.15) is 0 Å². The summed E-state index contributed by atoms with van der Waals surface area (Å²) in [5.74, 6) is -0.366. The number of anilines is 1. The number of carbonyl (C=O) groups is 1. The topological polar surface area (TPSA) is 98.3 Å². The Kier molecular flexibility index (Phi) is 8.06. The highest BCUT2D eigenvalue weighted by Gasteiger charge is 2.16. The molecule has 7 nitrogen and oxygen atoms in total. The van der Waals surface area contributed by atoms with E-state index < -0.39 is 11.0 Å². The number of hydrogen-bond donors (Lipinski definition) is 3. The van der Waals surface area contributed by atoms with Crippen molar-refractivity contribution in [1.82, 2.24) is 15.4 Å². The lowest BCUT2D eigenvalue weighted by molar-refractivity contribution is -0.129. The Morgan fingerprint density at radius 1 is 1.00 bits per heavy atom. The zero-order chi connectivity index (χ0) is 23.8. The maximum Gasteiger partial charge on any atom is 0.243 e. The number of pyridine rings is 1. The van der Waals surface area contributed by atoms with E-state index in [1.54, 1.807) is 23.9 Å². The number of nitrogens with zero attached hydrogens (tertiary/aromatic N) is 2. The van der Waals surface area contributed by atoms with Crippen molar-refractivity contribution in [3.05, 3.63) is 79.3 Å². The van der Waals surface area contributed by atoms with Gasteiger partial charge in [0.2, 0.25) is 5.91 Å². The van der Waals surface area contributed by atoms with Crippen LogP contribution in [-0.2, 0) is 15.8 Å². The Morgan fingerprint density at radius 3 is 2.56 bits per heavy atom. The number of H-pyrrole nitrogens is 1. The minimum atomic E-state index is -1.38. The van der Waals surface area contributed by atoms with E-state index in [-0.39, 0.29) is 5.91 Å². The minimum absolute atomic E-state index is 0.303. The van der Waals surface area contributed by atoms with E-state index in [2.05, 4.69) is 46.4 Å². The summed E-state index contributed by atoms with van der Waals surface area (Å²) < 4.78 is 15.3. The Balaban J connectivity index is 1.47. The monoisotopic (exact) mass is 476 g/mol. The molecule has 4 aromatic rings. The Morgan fingerprint density at radius 2 is 1.79 bits per heavy atom. The number of aromatic amines is 1. The fraction of sp³-hybridized carbons (Fsp3) is 0.231. The molecule has 0 aliphatic carbocycles. The largest absolute Gasteiger partial charge is 0.361 e. The number of unbranched alkanes of at least 4 members (excludes halogenated alkanes) is 3. The van der Waals surface area contributed by atoms with Crippen LogP contribution in [0.3, 0.4) is 0 Å². The quantitative estimate of drug-likeness (QED) is 0.157. The minimum Gasteiger partial charge on any atom is -0.361 e. The molecule has 1 unspecified atom stereocenters. The number of hydroxylamine groups is 1. The zero-order valence-electron chi connectivity index (χ0n) is 18.8. The molecule has 0 radical (unpaired) electrons. The van der Waals surface area contributed by atoms with E-state index in [1.165, 1.54) is 5.39 Å². The third-order valence-corrected chi connectivity index (χ3v) is 7.16. The maximum absolute atomic E-state index is 13.4. The lowest BCUT2D eigenvalue weighted by atomic mass is 10.0. The Hall–Kier alpha value is -3.49. The summed E-state index contributed by atoms with van der Waals surface area (Å²) in [7, 11) is -1.38. The van der Waals surface area contributed by atoms with Gasteiger partial charge in [0.1, 0.15) is 0 Å². The molecule has 0 spiro atoms. The van der Waals surface area contributed by atoms with Gasteiger partial charge < -0.3 is 4.98 Å². The first-order valence-electron chi connectivity index (χ1n) is 11.4. The standard InChI is InChI=1S/C26H28N4O3S/c31-26(29-32)7-3-1-2-4-17-30(34(33)24-6-5-15-27-19-24)23-12-10-20(11-13-23)22-9-8-21-14-16-28-25(21)18-22/h5-6,8-16,18-19,28,32H,1-4,7,17H2,(H,29,31). The van der Waals surface area contributed by atoms with Crippen molar-refractivity contribution in [1.29, 1.82) is 0 Å². The molecule has 1 amide bonds. The Labute approximate surface area is 201 Å². The van der Waals surface area contributed by atoms with Crippen molar-refractivity contribution in [3.8, 4) is 11.1 Å². The highest BCUT2D eigenvalue weighted by atomic mass is 32.2. The number of benzene rings is 2. The van der Waals surface area contributed by atoms with Gasteiger partial charge in [-0.1, -0.05) is 37.1 Å². The van der Waals surface area contributed by atoms with Crippen molar-refractivity contribution in [2.45, 2.75) is 37.0 Å². The van der Waals surface area contributed by atoms with E-state index in [9.17, 15) is 9.00 Å². The van der Waals surface area contributed by atoms with E-state index >= 15 is 0 Å². The van der Waals surface area contributed by atoms with Gasteiger partial charge in [0.05, 0.1) is 4.90 Å². The fourth-order valence-electron chi connectivity index (χ4n) is 3.88. The van der Waals surface area contributed by atoms with Crippen LogP contribution in [0.5, 0.6) is 0 Å². The third-order valence-electron chi connectivity index (χ3n) is 5.72. The van der Waals surface area contributed by atoms with Crippen molar-refractivity contribution in [2.24, 2.45) is 0 Å². The number of hydrogen-bond acceptors (Lipinski definition) is 4. The predicted octanol–water partition coefficient (Wildman–Crippen LogP) is 5.22. The van der Waals surface area contributed by atoms with Gasteiger partial charge in [-0.3, -0.25) is 19.3 Å². The van der Waals surface area contributed by atoms with Crippen LogP contribution < -0.4 is 9.79 Å². The summed E-state index contributed by atoms with van der Waals surface area (Å²) in [5.41, 5.74) is 5.84. The van der Waals surface area contributed by atoms with Crippen molar-refractivity contribution < 1.29 is 14.2 Å². The average Bonchev–Trinajstić information content (AvgIpc) is 3.36. The highest BCUT2D eigenvalue weighted by molar-refractivity contribution is 7.86. The first-order valence-corrected chi connectivity index (χ1v) is 12.5. The van der Waals surface area contributed by atoms with E-state index in [1.807, 2.05) is 28.7 Å². The van der Waals surface area contributed by atoms with Crippen LogP contribution in [0.4, 0.5) is 5.69 Å². The van der Waals surface area contributed by atoms with Gasteiger partial charge >= 0.3 is 0 Å². The number of aromatic nitrogens is 2. The summed E-state index contributed by atoms with van der Waals surface area (Å²) in [6.07, 6.45) is 8.84. The summed E-state index contributed by atoms with van der Waals surface area (Å²) in [5, 5.41) is 9.76. The molecule has 0 aliphatic rings. The van der Waals surface area contributed by atoms with Crippen LogP contribution in [-0.4, -0.2) is 31.8 Å². The molecule has 2 aromatic heterocycles. The van der Waals surface area contributed by atoms with Crippen LogP contribution in [0.1, 0.15) is 32.1 Å². The fourth-order valence-corrected chi connectivity index (χ4v) is 5.09. The predicted molar refractivity (Wildman–Crippen MR) is 135 cm³/mol. The molecular formula is C26H28N4O3S. The first kappa shape index (κ1) is 23.7. The van der Waals surface area contributed by atoms with Gasteiger partial charge in [-0.05, 0) is 65.8 Å². The summed E-state index contributed by atoms with van der Waals surface area (Å²) in [6, 6.07) is 20.1. The zero-order valence-corrected chi connectivity index (χ0v) is 19.6. The highest BCUT2D eigenvalue weighted by Crippen LogP contribution is 2.28. The number of rotatable bonds is 11. The molecule has 3 N–H and O–H groups in total. The molecule has 0 aliphatic heterocycles. The Bertz CT molecular complexity index is 1240. The average molecular weight is 477 g/mol. The normalized spacial score (nSPS) is 11.9. The van der Waals surface area contributed by atoms with Gasteiger partial charge in [-0.15, -0.1) is 0 Å². The molecule has 2 heterocycles. The number of nitrogens with one attached hydrogen (secondary N) is 2. The van der Waals surface area contributed by atoms with Gasteiger partial charge in [-0.25, -0.2) is 9.69 Å². The van der Waals surface area contributed by atoms with Crippen molar-refractivity contribution in [2.75, 3.05) is 10.8 Å². The molecule has 176 valence electrons. The van der Waals surface area contributed by atoms with E-state index in [4.69, 9.17) is 5.21 Å². The lowest BCUT2D eigenvalue weighted by Crippen LogP contribution is -2.27. The van der Waals surface area contributed by atoms with Gasteiger partial charge in [0.15, 0.2) is 11.0 Å². The molecule has 0 fully saturated rings. The first-order chi connectivity index (χ1) is 16.7. The molecular weight excluding hydrogens is 448 g/mol. The maximum atomic E-state index is 13.4. The number of carbonyl (C=O) groups excluding carboxylic acids is 1.